The topological polar surface area (TPSA) is 105 Å². The molecular formula is C13H13N3O4. The monoisotopic (exact) mass is 275 g/mol. The van der Waals surface area contributed by atoms with E-state index in [-0.39, 0.29) is 11.4 Å². The largest absolute Gasteiger partial charge is 0.479 e. The molecule has 104 valence electrons. The van der Waals surface area contributed by atoms with Crippen LogP contribution in [0.4, 0.5) is 0 Å². The maximum Gasteiger partial charge on any atom is 0.358 e. The number of hydrogen-bond acceptors (Lipinski definition) is 4. The number of aromatic carboxylic acids is 1. The molecule has 20 heavy (non-hydrogen) atoms. The molecule has 1 aromatic heterocycles. The standard InChI is InChI=1S/C13H13N3O4/c1-13(2,12(19)20)16-10(8-6-4-3-5-7-8)9(11(17)18)14-15-16/h3-7H,1-2H3,(H,17,18)(H,19,20). The molecule has 0 aliphatic carbocycles. The Morgan fingerprint density at radius 2 is 1.75 bits per heavy atom. The molecule has 0 bridgehead atoms. The quantitative estimate of drug-likeness (QED) is 0.875. The van der Waals surface area contributed by atoms with E-state index in [9.17, 15) is 19.8 Å². The number of aliphatic carboxylic acids is 1. The molecule has 0 atom stereocenters. The molecule has 0 amide bonds. The molecule has 2 aromatic rings. The van der Waals surface area contributed by atoms with Crippen molar-refractivity contribution in [1.82, 2.24) is 15.0 Å². The highest BCUT2D eigenvalue weighted by Crippen LogP contribution is 2.27. The molecule has 0 spiro atoms. The highest BCUT2D eigenvalue weighted by Gasteiger charge is 2.35. The van der Waals surface area contributed by atoms with Crippen molar-refractivity contribution in [2.24, 2.45) is 0 Å². The van der Waals surface area contributed by atoms with E-state index in [1.54, 1.807) is 30.3 Å². The number of carbonyl (C=O) groups is 2. The second kappa shape index (κ2) is 4.76. The van der Waals surface area contributed by atoms with Gasteiger partial charge in [0.2, 0.25) is 0 Å². The van der Waals surface area contributed by atoms with Gasteiger partial charge < -0.3 is 10.2 Å². The predicted octanol–water partition coefficient (Wildman–Crippen LogP) is 1.46. The number of carboxylic acid groups (broad SMARTS) is 2. The Balaban J connectivity index is 2.73. The molecule has 7 nitrogen and oxygen atoms in total. The lowest BCUT2D eigenvalue weighted by Crippen LogP contribution is -2.37. The van der Waals surface area contributed by atoms with Crippen LogP contribution in [-0.4, -0.2) is 37.1 Å². The zero-order valence-corrected chi connectivity index (χ0v) is 10.9. The molecule has 0 aliphatic rings. The molecule has 0 saturated carbocycles. The van der Waals surface area contributed by atoms with E-state index in [2.05, 4.69) is 10.3 Å². The number of carboxylic acids is 2. The van der Waals surface area contributed by atoms with E-state index in [4.69, 9.17) is 0 Å². The second-order valence-electron chi connectivity index (χ2n) is 4.73. The van der Waals surface area contributed by atoms with Gasteiger partial charge in [-0.25, -0.2) is 14.3 Å². The average molecular weight is 275 g/mol. The van der Waals surface area contributed by atoms with Gasteiger partial charge in [0, 0.05) is 5.56 Å². The summed E-state index contributed by atoms with van der Waals surface area (Å²) < 4.78 is 1.12. The Morgan fingerprint density at radius 1 is 1.15 bits per heavy atom. The average Bonchev–Trinajstić information content (AvgIpc) is 2.85. The Kier molecular flexibility index (Phi) is 3.27. The lowest BCUT2D eigenvalue weighted by atomic mass is 10.0. The van der Waals surface area contributed by atoms with Gasteiger partial charge in [0.15, 0.2) is 11.2 Å². The Hall–Kier alpha value is -2.70. The molecule has 0 aliphatic heterocycles. The van der Waals surface area contributed by atoms with Crippen LogP contribution in [0.15, 0.2) is 30.3 Å². The summed E-state index contributed by atoms with van der Waals surface area (Å²) >= 11 is 0. The molecule has 0 saturated heterocycles. The van der Waals surface area contributed by atoms with Crippen LogP contribution >= 0.6 is 0 Å². The predicted molar refractivity (Wildman–Crippen MR) is 69.4 cm³/mol. The van der Waals surface area contributed by atoms with Gasteiger partial charge in [-0.15, -0.1) is 5.10 Å². The van der Waals surface area contributed by atoms with Gasteiger partial charge in [0.25, 0.3) is 0 Å². The molecule has 2 rings (SSSR count). The molecule has 2 N–H and O–H groups in total. The van der Waals surface area contributed by atoms with Crippen LogP contribution in [0.3, 0.4) is 0 Å². The van der Waals surface area contributed by atoms with Gasteiger partial charge in [-0.3, -0.25) is 0 Å². The molecule has 0 fully saturated rings. The van der Waals surface area contributed by atoms with Crippen molar-refractivity contribution < 1.29 is 19.8 Å². The van der Waals surface area contributed by atoms with E-state index >= 15 is 0 Å². The Bertz CT molecular complexity index is 662. The molecule has 1 heterocycles. The SMILES string of the molecule is CC(C)(C(=O)O)n1nnc(C(=O)O)c1-c1ccccc1. The van der Waals surface area contributed by atoms with Crippen molar-refractivity contribution in [2.75, 3.05) is 0 Å². The fraction of sp³-hybridized carbons (Fsp3) is 0.231. The van der Waals surface area contributed by atoms with Crippen LogP contribution in [0.1, 0.15) is 24.3 Å². The van der Waals surface area contributed by atoms with Crippen molar-refractivity contribution in [3.05, 3.63) is 36.0 Å². The van der Waals surface area contributed by atoms with Crippen LogP contribution in [0.2, 0.25) is 0 Å². The molecule has 0 unspecified atom stereocenters. The number of rotatable bonds is 4. The zero-order valence-electron chi connectivity index (χ0n) is 10.9. The van der Waals surface area contributed by atoms with Gasteiger partial charge in [-0.2, -0.15) is 0 Å². The van der Waals surface area contributed by atoms with Crippen LogP contribution in [0.25, 0.3) is 11.3 Å². The van der Waals surface area contributed by atoms with Gasteiger partial charge in [0.05, 0.1) is 0 Å². The van der Waals surface area contributed by atoms with Gasteiger partial charge >= 0.3 is 11.9 Å². The molecular weight excluding hydrogens is 262 g/mol. The number of nitrogens with zero attached hydrogens (tertiary/aromatic N) is 3. The summed E-state index contributed by atoms with van der Waals surface area (Å²) in [6, 6.07) is 8.59. The van der Waals surface area contributed by atoms with Crippen LogP contribution in [0, 0.1) is 0 Å². The van der Waals surface area contributed by atoms with E-state index < -0.39 is 17.5 Å². The fourth-order valence-electron chi connectivity index (χ4n) is 1.76. The summed E-state index contributed by atoms with van der Waals surface area (Å²) in [5, 5.41) is 25.8. The first-order chi connectivity index (χ1) is 9.35. The minimum absolute atomic E-state index is 0.172. The molecule has 1 aromatic carbocycles. The zero-order chi connectivity index (χ0) is 14.9. The summed E-state index contributed by atoms with van der Waals surface area (Å²) in [6.45, 7) is 2.87. The lowest BCUT2D eigenvalue weighted by molar-refractivity contribution is -0.146. The number of benzene rings is 1. The number of aromatic nitrogens is 3. The maximum absolute atomic E-state index is 11.3. The van der Waals surface area contributed by atoms with Crippen LogP contribution in [0.5, 0.6) is 0 Å². The van der Waals surface area contributed by atoms with Crippen LogP contribution in [-0.2, 0) is 10.3 Å². The highest BCUT2D eigenvalue weighted by molar-refractivity contribution is 5.93. The van der Waals surface area contributed by atoms with E-state index in [0.717, 1.165) is 4.68 Å². The summed E-state index contributed by atoms with van der Waals surface area (Å²) in [5.74, 6) is -2.38. The first kappa shape index (κ1) is 13.7. The van der Waals surface area contributed by atoms with Gasteiger partial charge in [-0.05, 0) is 13.8 Å². The third kappa shape index (κ3) is 2.13. The summed E-state index contributed by atoms with van der Waals surface area (Å²) in [6.07, 6.45) is 0. The maximum atomic E-state index is 11.3. The molecule has 0 radical (unpaired) electrons. The van der Waals surface area contributed by atoms with Crippen molar-refractivity contribution in [1.29, 1.82) is 0 Å². The summed E-state index contributed by atoms with van der Waals surface area (Å²) in [4.78, 5) is 22.6. The lowest BCUT2D eigenvalue weighted by Gasteiger charge is -2.21. The van der Waals surface area contributed by atoms with Crippen molar-refractivity contribution in [3.8, 4) is 11.3 Å². The van der Waals surface area contributed by atoms with E-state index in [0.29, 0.717) is 5.56 Å². The van der Waals surface area contributed by atoms with Crippen molar-refractivity contribution >= 4 is 11.9 Å². The minimum Gasteiger partial charge on any atom is -0.479 e. The second-order valence-corrected chi connectivity index (χ2v) is 4.73. The van der Waals surface area contributed by atoms with E-state index in [1.165, 1.54) is 13.8 Å². The van der Waals surface area contributed by atoms with Crippen molar-refractivity contribution in [3.63, 3.8) is 0 Å². The highest BCUT2D eigenvalue weighted by atomic mass is 16.4. The fourth-order valence-corrected chi connectivity index (χ4v) is 1.76. The van der Waals surface area contributed by atoms with Crippen LogP contribution < -0.4 is 0 Å². The van der Waals surface area contributed by atoms with Crippen molar-refractivity contribution in [2.45, 2.75) is 19.4 Å². The Morgan fingerprint density at radius 3 is 2.25 bits per heavy atom. The first-order valence-electron chi connectivity index (χ1n) is 5.84. The summed E-state index contributed by atoms with van der Waals surface area (Å²) in [7, 11) is 0. The smallest absolute Gasteiger partial charge is 0.358 e. The van der Waals surface area contributed by atoms with E-state index in [1.807, 2.05) is 0 Å². The first-order valence-corrected chi connectivity index (χ1v) is 5.84. The minimum atomic E-state index is -1.41. The van der Waals surface area contributed by atoms with Gasteiger partial charge in [0.1, 0.15) is 5.69 Å². The Labute approximate surface area is 114 Å². The third-order valence-corrected chi connectivity index (χ3v) is 2.97. The van der Waals surface area contributed by atoms with Gasteiger partial charge in [-0.1, -0.05) is 35.5 Å². The normalized spacial score (nSPS) is 11.3. The summed E-state index contributed by atoms with van der Waals surface area (Å²) in [5.41, 5.74) is -0.966. The number of hydrogen-bond donors (Lipinski definition) is 2. The third-order valence-electron chi connectivity index (χ3n) is 2.97. The molecule has 7 heteroatoms.